The fourth-order valence-electron chi connectivity index (χ4n) is 3.48. The van der Waals surface area contributed by atoms with Crippen molar-refractivity contribution in [2.45, 2.75) is 44.4 Å². The van der Waals surface area contributed by atoms with Crippen LogP contribution in [-0.4, -0.2) is 82.2 Å². The molecule has 0 unspecified atom stereocenters. The minimum absolute atomic E-state index is 0.123. The van der Waals surface area contributed by atoms with Gasteiger partial charge in [-0.3, -0.25) is 4.90 Å². The van der Waals surface area contributed by atoms with Gasteiger partial charge in [-0.25, -0.2) is 14.6 Å². The van der Waals surface area contributed by atoms with E-state index in [1.54, 1.807) is 23.1 Å². The van der Waals surface area contributed by atoms with Crippen LogP contribution in [-0.2, 0) is 16.1 Å². The second kappa shape index (κ2) is 10.5. The van der Waals surface area contributed by atoms with Crippen LogP contribution < -0.4 is 4.74 Å². The zero-order chi connectivity index (χ0) is 27.6. The largest absolute Gasteiger partial charge is 0.478 e. The van der Waals surface area contributed by atoms with E-state index >= 15 is 0 Å². The van der Waals surface area contributed by atoms with Crippen LogP contribution in [0.4, 0.5) is 31.1 Å². The van der Waals surface area contributed by atoms with Gasteiger partial charge in [-0.1, -0.05) is 0 Å². The van der Waals surface area contributed by atoms with Crippen molar-refractivity contribution >= 4 is 12.1 Å². The summed E-state index contributed by atoms with van der Waals surface area (Å²) in [6, 6.07) is 4.85. The third-order valence-corrected chi connectivity index (χ3v) is 5.38. The van der Waals surface area contributed by atoms with Crippen molar-refractivity contribution in [3.05, 3.63) is 36.2 Å². The van der Waals surface area contributed by atoms with E-state index in [2.05, 4.69) is 9.72 Å². The number of rotatable bonds is 7. The number of alkyl halides is 6. The van der Waals surface area contributed by atoms with Crippen molar-refractivity contribution in [2.75, 3.05) is 26.2 Å². The van der Waals surface area contributed by atoms with Crippen LogP contribution in [0.2, 0.25) is 0 Å². The van der Waals surface area contributed by atoms with Crippen LogP contribution in [0, 0.1) is 0 Å². The van der Waals surface area contributed by atoms with Crippen molar-refractivity contribution in [1.82, 2.24) is 14.8 Å². The van der Waals surface area contributed by atoms with Crippen LogP contribution in [0.25, 0.3) is 11.5 Å². The molecule has 2 aromatic rings. The van der Waals surface area contributed by atoms with Gasteiger partial charge in [0, 0.05) is 38.3 Å². The molecule has 0 aliphatic carbocycles. The number of hydrogen-bond donors (Lipinski definition) is 1. The lowest BCUT2D eigenvalue weighted by Crippen LogP contribution is -2.52. The molecule has 0 saturated carbocycles. The summed E-state index contributed by atoms with van der Waals surface area (Å²) in [7, 11) is 0. The lowest BCUT2D eigenvalue weighted by atomic mass is 10.1. The molecule has 2 heterocycles. The Hall–Kier alpha value is -3.49. The summed E-state index contributed by atoms with van der Waals surface area (Å²) in [4.78, 5) is 30.1. The molecule has 1 saturated heterocycles. The highest BCUT2D eigenvalue weighted by Crippen LogP contribution is 2.36. The molecule has 9 nitrogen and oxygen atoms in total. The van der Waals surface area contributed by atoms with Gasteiger partial charge < -0.3 is 23.9 Å². The zero-order valence-corrected chi connectivity index (χ0v) is 19.6. The summed E-state index contributed by atoms with van der Waals surface area (Å²) < 4.78 is 90.8. The smallest absolute Gasteiger partial charge is 0.434 e. The van der Waals surface area contributed by atoms with Crippen LogP contribution in [0.1, 0.15) is 19.4 Å². The molecule has 1 fully saturated rings. The normalized spacial score (nSPS) is 15.6. The number of carbonyl (C=O) groups is 2. The molecule has 37 heavy (non-hydrogen) atoms. The van der Waals surface area contributed by atoms with Crippen molar-refractivity contribution in [1.29, 1.82) is 0 Å². The number of carboxylic acids is 1. The quantitative estimate of drug-likeness (QED) is 0.519. The number of piperazine rings is 1. The molecule has 0 atom stereocenters. The van der Waals surface area contributed by atoms with E-state index < -0.39 is 36.1 Å². The van der Waals surface area contributed by atoms with Crippen molar-refractivity contribution in [3.63, 3.8) is 0 Å². The molecule has 1 amide bonds. The van der Waals surface area contributed by atoms with Crippen LogP contribution >= 0.6 is 0 Å². The van der Waals surface area contributed by atoms with Crippen LogP contribution in [0.15, 0.2) is 35.1 Å². The number of ether oxygens (including phenoxy) is 2. The van der Waals surface area contributed by atoms with Gasteiger partial charge in [0.1, 0.15) is 12.0 Å². The van der Waals surface area contributed by atoms with Gasteiger partial charge in [0.25, 0.3) is 6.10 Å². The maximum absolute atomic E-state index is 12.7. The first kappa shape index (κ1) is 28.1. The van der Waals surface area contributed by atoms with E-state index in [0.29, 0.717) is 11.1 Å². The standard InChI is InChI=1S/C22H23F6N3O6/c1-20(2,18(32)33)37-15-10-13(9-14(11-15)16-29-3-8-35-16)12-30-4-6-31(7-5-30)19(34)36-17(21(23,24)25)22(26,27)28/h3,8-11,17H,4-7,12H2,1-2H3,(H,32,33). The van der Waals surface area contributed by atoms with Crippen molar-refractivity contribution in [3.8, 4) is 17.2 Å². The van der Waals surface area contributed by atoms with Gasteiger partial charge in [-0.2, -0.15) is 26.3 Å². The number of oxazole rings is 1. The number of aromatic nitrogens is 1. The average molecular weight is 539 g/mol. The Bertz CT molecular complexity index is 1080. The summed E-state index contributed by atoms with van der Waals surface area (Å²) in [6.07, 6.45) is -14.7. The summed E-state index contributed by atoms with van der Waals surface area (Å²) in [5, 5.41) is 9.37. The number of benzene rings is 1. The van der Waals surface area contributed by atoms with Gasteiger partial charge in [0.05, 0.1) is 6.20 Å². The molecule has 1 aliphatic rings. The third kappa shape index (κ3) is 7.27. The summed E-state index contributed by atoms with van der Waals surface area (Å²) in [5.74, 6) is -0.737. The molecule has 204 valence electrons. The average Bonchev–Trinajstić information content (AvgIpc) is 3.31. The Morgan fingerprint density at radius 3 is 2.19 bits per heavy atom. The molecule has 3 rings (SSSR count). The molecular weight excluding hydrogens is 516 g/mol. The van der Waals surface area contributed by atoms with E-state index in [-0.39, 0.29) is 44.4 Å². The Morgan fingerprint density at radius 2 is 1.68 bits per heavy atom. The minimum atomic E-state index is -5.79. The number of aliphatic carboxylic acids is 1. The molecule has 0 spiro atoms. The van der Waals surface area contributed by atoms with Gasteiger partial charge in [-0.15, -0.1) is 0 Å². The van der Waals surface area contributed by atoms with Crippen molar-refractivity contribution < 1.29 is 54.9 Å². The molecule has 15 heteroatoms. The second-order valence-electron chi connectivity index (χ2n) is 8.73. The first-order chi connectivity index (χ1) is 17.1. The highest BCUT2D eigenvalue weighted by atomic mass is 19.4. The topological polar surface area (TPSA) is 105 Å². The second-order valence-corrected chi connectivity index (χ2v) is 8.73. The van der Waals surface area contributed by atoms with E-state index in [1.165, 1.54) is 26.3 Å². The Labute approximate surface area is 206 Å². The summed E-state index contributed by atoms with van der Waals surface area (Å²) >= 11 is 0. The lowest BCUT2D eigenvalue weighted by Gasteiger charge is -2.35. The van der Waals surface area contributed by atoms with E-state index in [0.717, 1.165) is 4.90 Å². The Balaban J connectivity index is 1.69. The predicted molar refractivity (Wildman–Crippen MR) is 114 cm³/mol. The SMILES string of the molecule is CC(C)(Oc1cc(CN2CCN(C(=O)OC(C(F)(F)F)C(F)(F)F)CC2)cc(-c2ncco2)c1)C(=O)O. The van der Waals surface area contributed by atoms with Crippen molar-refractivity contribution in [2.24, 2.45) is 0 Å². The maximum atomic E-state index is 12.7. The van der Waals surface area contributed by atoms with Gasteiger partial charge in [0.2, 0.25) is 5.89 Å². The van der Waals surface area contributed by atoms with Crippen LogP contribution in [0.5, 0.6) is 5.75 Å². The first-order valence-electron chi connectivity index (χ1n) is 10.8. The highest BCUT2D eigenvalue weighted by molar-refractivity contribution is 5.77. The lowest BCUT2D eigenvalue weighted by molar-refractivity contribution is -0.308. The van der Waals surface area contributed by atoms with E-state index in [9.17, 15) is 41.0 Å². The maximum Gasteiger partial charge on any atom is 0.434 e. The minimum Gasteiger partial charge on any atom is -0.478 e. The predicted octanol–water partition coefficient (Wildman–Crippen LogP) is 4.33. The fourth-order valence-corrected chi connectivity index (χ4v) is 3.48. The number of halogens is 6. The monoisotopic (exact) mass is 539 g/mol. The molecular formula is C22H23F6N3O6. The van der Waals surface area contributed by atoms with E-state index in [4.69, 9.17) is 9.15 Å². The molecule has 1 aliphatic heterocycles. The fraction of sp³-hybridized carbons (Fsp3) is 0.500. The first-order valence-corrected chi connectivity index (χ1v) is 10.8. The molecule has 1 aromatic carbocycles. The molecule has 1 aromatic heterocycles. The number of amides is 1. The van der Waals surface area contributed by atoms with Gasteiger partial charge in [-0.05, 0) is 37.6 Å². The van der Waals surface area contributed by atoms with Gasteiger partial charge in [0.15, 0.2) is 5.60 Å². The Kier molecular flexibility index (Phi) is 7.95. The number of carbonyl (C=O) groups excluding carboxylic acids is 1. The van der Waals surface area contributed by atoms with Gasteiger partial charge >= 0.3 is 24.4 Å². The summed E-state index contributed by atoms with van der Waals surface area (Å²) in [5.41, 5.74) is -0.424. The summed E-state index contributed by atoms with van der Waals surface area (Å²) in [6.45, 7) is 2.89. The van der Waals surface area contributed by atoms with Crippen LogP contribution in [0.3, 0.4) is 0 Å². The number of hydrogen-bond acceptors (Lipinski definition) is 7. The van der Waals surface area contributed by atoms with E-state index in [1.807, 2.05) is 0 Å². The molecule has 0 bridgehead atoms. The molecule has 0 radical (unpaired) electrons. The molecule has 1 N–H and O–H groups in total. The number of carboxylic acid groups (broad SMARTS) is 1. The third-order valence-electron chi connectivity index (χ3n) is 5.38. The Morgan fingerprint density at radius 1 is 1.05 bits per heavy atom. The highest BCUT2D eigenvalue weighted by Gasteiger charge is 2.60. The number of nitrogens with zero attached hydrogens (tertiary/aromatic N) is 3. The zero-order valence-electron chi connectivity index (χ0n) is 19.6.